The smallest absolute Gasteiger partial charge is 0.240 e. The molecule has 1 aliphatic rings. The predicted molar refractivity (Wildman–Crippen MR) is 81.2 cm³/mol. The molecule has 118 valence electrons. The van der Waals surface area contributed by atoms with Crippen molar-refractivity contribution in [3.8, 4) is 0 Å². The molecule has 2 N–H and O–H groups in total. The first-order valence-corrected chi connectivity index (χ1v) is 10.1. The van der Waals surface area contributed by atoms with E-state index in [0.717, 1.165) is 5.56 Å². The summed E-state index contributed by atoms with van der Waals surface area (Å²) < 4.78 is 50.4. The second kappa shape index (κ2) is 6.43. The van der Waals surface area contributed by atoms with Gasteiger partial charge in [-0.25, -0.2) is 21.6 Å². The van der Waals surface area contributed by atoms with Gasteiger partial charge in [0.2, 0.25) is 10.0 Å². The first-order valence-electron chi connectivity index (χ1n) is 6.79. The molecule has 0 bridgehead atoms. The van der Waals surface area contributed by atoms with Crippen molar-refractivity contribution in [1.29, 1.82) is 0 Å². The van der Waals surface area contributed by atoms with E-state index in [4.69, 9.17) is 0 Å². The third kappa shape index (κ3) is 4.50. The Labute approximate surface area is 125 Å². The molecular weight excluding hydrogens is 312 g/mol. The van der Waals surface area contributed by atoms with Crippen molar-refractivity contribution >= 4 is 19.9 Å². The third-order valence-corrected chi connectivity index (χ3v) is 6.71. The van der Waals surface area contributed by atoms with Crippen molar-refractivity contribution < 1.29 is 16.8 Å². The molecule has 0 amide bonds. The molecule has 0 aliphatic carbocycles. The minimum atomic E-state index is -3.69. The van der Waals surface area contributed by atoms with Crippen LogP contribution in [-0.4, -0.2) is 41.4 Å². The van der Waals surface area contributed by atoms with Gasteiger partial charge in [0.05, 0.1) is 16.4 Å². The van der Waals surface area contributed by atoms with E-state index in [-0.39, 0.29) is 16.4 Å². The lowest BCUT2D eigenvalue weighted by Gasteiger charge is -2.23. The summed E-state index contributed by atoms with van der Waals surface area (Å²) in [6.45, 7) is 0.571. The van der Waals surface area contributed by atoms with Crippen LogP contribution < -0.4 is 10.0 Å². The van der Waals surface area contributed by atoms with Crippen LogP contribution in [0, 0.1) is 0 Å². The molecule has 1 aliphatic heterocycles. The van der Waals surface area contributed by atoms with E-state index in [0.29, 0.717) is 19.4 Å². The van der Waals surface area contributed by atoms with Gasteiger partial charge < -0.3 is 5.32 Å². The minimum Gasteiger partial charge on any atom is -0.316 e. The monoisotopic (exact) mass is 332 g/mol. The fraction of sp³-hybridized carbons (Fsp3) is 0.538. The maximum atomic E-state index is 12.3. The van der Waals surface area contributed by atoms with Gasteiger partial charge in [-0.15, -0.1) is 0 Å². The Hall–Kier alpha value is -0.960. The summed E-state index contributed by atoms with van der Waals surface area (Å²) >= 11 is 0. The Morgan fingerprint density at radius 2 is 2.10 bits per heavy atom. The van der Waals surface area contributed by atoms with Crippen molar-refractivity contribution in [1.82, 2.24) is 10.0 Å². The number of hydrogen-bond acceptors (Lipinski definition) is 5. The molecule has 6 nitrogen and oxygen atoms in total. The molecule has 8 heteroatoms. The zero-order chi connectivity index (χ0) is 15.5. The summed E-state index contributed by atoms with van der Waals surface area (Å²) in [6, 6.07) is 6.08. The van der Waals surface area contributed by atoms with Crippen molar-refractivity contribution in [2.75, 3.05) is 18.6 Å². The fourth-order valence-electron chi connectivity index (χ4n) is 2.43. The van der Waals surface area contributed by atoms with Gasteiger partial charge in [0.1, 0.15) is 0 Å². The lowest BCUT2D eigenvalue weighted by molar-refractivity contribution is 0.517. The number of rotatable bonds is 5. The normalized spacial score (nSPS) is 22.0. The molecule has 1 heterocycles. The highest BCUT2D eigenvalue weighted by Gasteiger charge is 2.28. The molecule has 0 saturated carbocycles. The van der Waals surface area contributed by atoms with Crippen molar-refractivity contribution in [3.05, 3.63) is 29.8 Å². The van der Waals surface area contributed by atoms with E-state index in [1.807, 2.05) is 6.07 Å². The molecule has 1 atom stereocenters. The van der Waals surface area contributed by atoms with Crippen molar-refractivity contribution in [2.45, 2.75) is 30.3 Å². The van der Waals surface area contributed by atoms with Crippen LogP contribution in [0.5, 0.6) is 0 Å². The SMILES string of the molecule is CNCc1cccc(S(=O)(=O)NC2CCCS(=O)(=O)C2)c1. The van der Waals surface area contributed by atoms with Crippen LogP contribution >= 0.6 is 0 Å². The van der Waals surface area contributed by atoms with Gasteiger partial charge in [-0.05, 0) is 37.6 Å². The predicted octanol–water partition coefficient (Wildman–Crippen LogP) is 0.262. The van der Waals surface area contributed by atoms with Gasteiger partial charge in [0.25, 0.3) is 0 Å². The van der Waals surface area contributed by atoms with E-state index in [2.05, 4.69) is 10.0 Å². The highest BCUT2D eigenvalue weighted by molar-refractivity contribution is 7.91. The third-order valence-electron chi connectivity index (χ3n) is 3.37. The maximum Gasteiger partial charge on any atom is 0.240 e. The van der Waals surface area contributed by atoms with Crippen LogP contribution in [-0.2, 0) is 26.4 Å². The largest absolute Gasteiger partial charge is 0.316 e. The number of benzene rings is 1. The van der Waals surface area contributed by atoms with Crippen LogP contribution in [0.25, 0.3) is 0 Å². The van der Waals surface area contributed by atoms with E-state index >= 15 is 0 Å². The second-order valence-electron chi connectivity index (χ2n) is 5.25. The van der Waals surface area contributed by atoms with Crippen LogP contribution in [0.4, 0.5) is 0 Å². The molecule has 0 radical (unpaired) electrons. The van der Waals surface area contributed by atoms with E-state index in [9.17, 15) is 16.8 Å². The molecule has 1 fully saturated rings. The zero-order valence-electron chi connectivity index (χ0n) is 11.9. The molecule has 21 heavy (non-hydrogen) atoms. The van der Waals surface area contributed by atoms with Gasteiger partial charge in [-0.1, -0.05) is 12.1 Å². The first-order chi connectivity index (χ1) is 9.82. The Bertz CT molecular complexity index is 699. The molecule has 1 aromatic rings. The summed E-state index contributed by atoms with van der Waals surface area (Å²) in [5.74, 6) is 0.0192. The van der Waals surface area contributed by atoms with Crippen LogP contribution in [0.15, 0.2) is 29.2 Å². The Balaban J connectivity index is 2.16. The van der Waals surface area contributed by atoms with Crippen LogP contribution in [0.2, 0.25) is 0 Å². The summed E-state index contributed by atoms with van der Waals surface area (Å²) in [5.41, 5.74) is 0.858. The van der Waals surface area contributed by atoms with E-state index < -0.39 is 25.9 Å². The minimum absolute atomic E-state index is 0.123. The molecule has 1 saturated heterocycles. The molecule has 2 rings (SSSR count). The van der Waals surface area contributed by atoms with Gasteiger partial charge in [-0.3, -0.25) is 0 Å². The zero-order valence-corrected chi connectivity index (χ0v) is 13.5. The number of sulfone groups is 1. The molecular formula is C13H20N2O4S2. The number of nitrogens with one attached hydrogen (secondary N) is 2. The maximum absolute atomic E-state index is 12.3. The molecule has 0 aromatic heterocycles. The summed E-state index contributed by atoms with van der Waals surface area (Å²) in [4.78, 5) is 0.165. The summed E-state index contributed by atoms with van der Waals surface area (Å²) in [5, 5.41) is 2.96. The topological polar surface area (TPSA) is 92.3 Å². The van der Waals surface area contributed by atoms with Crippen molar-refractivity contribution in [3.63, 3.8) is 0 Å². The van der Waals surface area contributed by atoms with Gasteiger partial charge >= 0.3 is 0 Å². The lowest BCUT2D eigenvalue weighted by Crippen LogP contribution is -2.43. The number of sulfonamides is 1. The molecule has 1 aromatic carbocycles. The first kappa shape index (κ1) is 16.4. The average molecular weight is 332 g/mol. The van der Waals surface area contributed by atoms with Crippen molar-refractivity contribution in [2.24, 2.45) is 0 Å². The van der Waals surface area contributed by atoms with Gasteiger partial charge in [0, 0.05) is 12.6 Å². The van der Waals surface area contributed by atoms with Crippen LogP contribution in [0.1, 0.15) is 18.4 Å². The van der Waals surface area contributed by atoms with Gasteiger partial charge in [0.15, 0.2) is 9.84 Å². The second-order valence-corrected chi connectivity index (χ2v) is 9.20. The summed E-state index contributed by atoms with van der Waals surface area (Å²) in [6.07, 6.45) is 1.05. The van der Waals surface area contributed by atoms with E-state index in [1.54, 1.807) is 19.2 Å². The summed E-state index contributed by atoms with van der Waals surface area (Å²) in [7, 11) is -5.05. The van der Waals surface area contributed by atoms with E-state index in [1.165, 1.54) is 6.07 Å². The van der Waals surface area contributed by atoms with Crippen LogP contribution in [0.3, 0.4) is 0 Å². The average Bonchev–Trinajstić information content (AvgIpc) is 2.37. The number of hydrogen-bond donors (Lipinski definition) is 2. The highest BCUT2D eigenvalue weighted by atomic mass is 32.2. The van der Waals surface area contributed by atoms with Gasteiger partial charge in [-0.2, -0.15) is 0 Å². The Kier molecular flexibility index (Phi) is 5.03. The lowest BCUT2D eigenvalue weighted by atomic mass is 10.2. The standard InChI is InChI=1S/C13H20N2O4S2/c1-14-9-11-4-2-6-13(8-11)21(18,19)15-12-5-3-7-20(16,17)10-12/h2,4,6,8,12,14-15H,3,5,7,9-10H2,1H3. The highest BCUT2D eigenvalue weighted by Crippen LogP contribution is 2.17. The Morgan fingerprint density at radius 1 is 1.33 bits per heavy atom. The molecule has 0 spiro atoms. The molecule has 1 unspecified atom stereocenters. The quantitative estimate of drug-likeness (QED) is 0.807. The Morgan fingerprint density at radius 3 is 2.76 bits per heavy atom. The fourth-order valence-corrected chi connectivity index (χ4v) is 5.51.